The number of pyridine rings is 1. The summed E-state index contributed by atoms with van der Waals surface area (Å²) < 4.78 is 15.8. The Morgan fingerprint density at radius 1 is 1.30 bits per heavy atom. The van der Waals surface area contributed by atoms with Crippen molar-refractivity contribution in [3.8, 4) is 5.88 Å². The van der Waals surface area contributed by atoms with E-state index >= 15 is 0 Å². The molecule has 0 aliphatic rings. The number of nitrogens with zero attached hydrogens (tertiary/aromatic N) is 1. The van der Waals surface area contributed by atoms with Crippen molar-refractivity contribution in [2.75, 3.05) is 14.2 Å². The number of esters is 1. The fraction of sp³-hybridized carbons (Fsp3) is 0.600. The minimum Gasteiger partial charge on any atom is -0.481 e. The van der Waals surface area contributed by atoms with Crippen molar-refractivity contribution in [3.63, 3.8) is 0 Å². The second kappa shape index (κ2) is 6.70. The molecule has 1 heterocycles. The minimum atomic E-state index is -0.394. The molecular weight excluding hydrogens is 258 g/mol. The Balaban J connectivity index is 3.18. The van der Waals surface area contributed by atoms with Crippen molar-refractivity contribution < 1.29 is 19.0 Å². The van der Waals surface area contributed by atoms with Crippen LogP contribution in [0.2, 0.25) is 0 Å². The Kier molecular flexibility index (Phi) is 5.51. The van der Waals surface area contributed by atoms with Gasteiger partial charge in [0.05, 0.1) is 37.7 Å². The van der Waals surface area contributed by atoms with Crippen LogP contribution in [0.25, 0.3) is 0 Å². The fourth-order valence-electron chi connectivity index (χ4n) is 1.70. The monoisotopic (exact) mass is 281 g/mol. The highest BCUT2D eigenvalue weighted by Gasteiger charge is 2.19. The van der Waals surface area contributed by atoms with E-state index in [2.05, 4.69) is 4.98 Å². The van der Waals surface area contributed by atoms with Crippen LogP contribution in [0, 0.1) is 0 Å². The van der Waals surface area contributed by atoms with Crippen molar-refractivity contribution >= 4 is 5.97 Å². The van der Waals surface area contributed by atoms with Gasteiger partial charge in [-0.25, -0.2) is 9.78 Å². The number of aromatic nitrogens is 1. The molecule has 0 aliphatic heterocycles. The van der Waals surface area contributed by atoms with Crippen molar-refractivity contribution in [1.82, 2.24) is 4.98 Å². The molecule has 0 bridgehead atoms. The molecule has 5 heteroatoms. The van der Waals surface area contributed by atoms with Crippen molar-refractivity contribution in [2.24, 2.45) is 0 Å². The number of carbonyl (C=O) groups excluding carboxylic acids is 1. The van der Waals surface area contributed by atoms with E-state index in [-0.39, 0.29) is 5.60 Å². The van der Waals surface area contributed by atoms with Crippen LogP contribution in [0.5, 0.6) is 5.88 Å². The van der Waals surface area contributed by atoms with E-state index in [0.717, 1.165) is 5.56 Å². The van der Waals surface area contributed by atoms with Crippen molar-refractivity contribution in [3.05, 3.63) is 22.9 Å². The number of carbonyl (C=O) groups is 1. The van der Waals surface area contributed by atoms with Gasteiger partial charge in [0.15, 0.2) is 0 Å². The molecule has 0 aromatic carbocycles. The average molecular weight is 281 g/mol. The molecule has 1 aromatic heterocycles. The Bertz CT molecular complexity index is 477. The lowest BCUT2D eigenvalue weighted by Gasteiger charge is -2.21. The van der Waals surface area contributed by atoms with Crippen LogP contribution in [0.4, 0.5) is 0 Å². The standard InChI is InChI=1S/C15H23NO4/c1-7-12-11(14(17)19-6)8-10(13(16-12)18-5)9-20-15(2,3)4/h8H,7,9H2,1-6H3. The Labute approximate surface area is 120 Å². The minimum absolute atomic E-state index is 0.278. The summed E-state index contributed by atoms with van der Waals surface area (Å²) in [6.45, 7) is 8.16. The summed E-state index contributed by atoms with van der Waals surface area (Å²) in [5, 5.41) is 0. The molecule has 1 rings (SSSR count). The normalized spacial score (nSPS) is 11.3. The first-order valence-corrected chi connectivity index (χ1v) is 6.61. The maximum Gasteiger partial charge on any atom is 0.339 e. The number of rotatable bonds is 5. The van der Waals surface area contributed by atoms with Gasteiger partial charge in [0, 0.05) is 5.56 Å². The van der Waals surface area contributed by atoms with Gasteiger partial charge in [-0.2, -0.15) is 0 Å². The number of hydrogen-bond acceptors (Lipinski definition) is 5. The zero-order chi connectivity index (χ0) is 15.3. The van der Waals surface area contributed by atoms with Gasteiger partial charge in [0.25, 0.3) is 0 Å². The van der Waals surface area contributed by atoms with Gasteiger partial charge < -0.3 is 14.2 Å². The third kappa shape index (κ3) is 4.20. The number of hydrogen-bond donors (Lipinski definition) is 0. The number of aryl methyl sites for hydroxylation is 1. The molecule has 0 N–H and O–H groups in total. The first-order chi connectivity index (χ1) is 9.32. The smallest absolute Gasteiger partial charge is 0.339 e. The van der Waals surface area contributed by atoms with E-state index in [1.165, 1.54) is 7.11 Å². The molecule has 0 amide bonds. The molecular formula is C15H23NO4. The Morgan fingerprint density at radius 2 is 1.95 bits per heavy atom. The molecule has 1 aromatic rings. The summed E-state index contributed by atoms with van der Waals surface area (Å²) in [5.41, 5.74) is 1.58. The number of methoxy groups -OCH3 is 2. The molecule has 0 atom stereocenters. The molecule has 0 aliphatic carbocycles. The highest BCUT2D eigenvalue weighted by Crippen LogP contribution is 2.23. The van der Waals surface area contributed by atoms with E-state index in [9.17, 15) is 4.79 Å². The first-order valence-electron chi connectivity index (χ1n) is 6.61. The van der Waals surface area contributed by atoms with Crippen LogP contribution in [0.15, 0.2) is 6.07 Å². The second-order valence-electron chi connectivity index (χ2n) is 5.40. The van der Waals surface area contributed by atoms with E-state index in [1.807, 2.05) is 27.7 Å². The van der Waals surface area contributed by atoms with Crippen LogP contribution in [-0.4, -0.2) is 30.8 Å². The van der Waals surface area contributed by atoms with E-state index in [1.54, 1.807) is 13.2 Å². The molecule has 112 valence electrons. The van der Waals surface area contributed by atoms with Gasteiger partial charge in [-0.3, -0.25) is 0 Å². The molecule has 0 saturated heterocycles. The first kappa shape index (κ1) is 16.4. The van der Waals surface area contributed by atoms with Crippen LogP contribution in [0.1, 0.15) is 49.3 Å². The lowest BCUT2D eigenvalue weighted by Crippen LogP contribution is -2.19. The van der Waals surface area contributed by atoms with Crippen LogP contribution < -0.4 is 4.74 Å². The van der Waals surface area contributed by atoms with E-state index in [4.69, 9.17) is 14.2 Å². The van der Waals surface area contributed by atoms with Crippen LogP contribution in [-0.2, 0) is 22.5 Å². The Morgan fingerprint density at radius 3 is 2.40 bits per heavy atom. The predicted molar refractivity (Wildman–Crippen MR) is 76.0 cm³/mol. The van der Waals surface area contributed by atoms with E-state index < -0.39 is 5.97 Å². The van der Waals surface area contributed by atoms with Gasteiger partial charge >= 0.3 is 5.97 Å². The van der Waals surface area contributed by atoms with Crippen molar-refractivity contribution in [1.29, 1.82) is 0 Å². The maximum absolute atomic E-state index is 11.8. The van der Waals surface area contributed by atoms with Gasteiger partial charge in [0.2, 0.25) is 5.88 Å². The topological polar surface area (TPSA) is 57.7 Å². The molecule has 5 nitrogen and oxygen atoms in total. The summed E-state index contributed by atoms with van der Waals surface area (Å²) in [6, 6.07) is 1.74. The summed E-state index contributed by atoms with van der Waals surface area (Å²) >= 11 is 0. The summed E-state index contributed by atoms with van der Waals surface area (Å²) in [6.07, 6.45) is 0.626. The van der Waals surface area contributed by atoms with E-state index in [0.29, 0.717) is 30.2 Å². The zero-order valence-electron chi connectivity index (χ0n) is 13.1. The lowest BCUT2D eigenvalue weighted by atomic mass is 10.1. The van der Waals surface area contributed by atoms with Crippen molar-refractivity contribution in [2.45, 2.75) is 46.3 Å². The van der Waals surface area contributed by atoms with Gasteiger partial charge in [-0.05, 0) is 33.3 Å². The maximum atomic E-state index is 11.8. The largest absolute Gasteiger partial charge is 0.481 e. The third-order valence-electron chi connectivity index (χ3n) is 2.73. The van der Waals surface area contributed by atoms with Crippen LogP contribution in [0.3, 0.4) is 0 Å². The molecule has 0 unspecified atom stereocenters. The molecule has 20 heavy (non-hydrogen) atoms. The molecule has 0 spiro atoms. The number of ether oxygens (including phenoxy) is 3. The fourth-order valence-corrected chi connectivity index (χ4v) is 1.70. The highest BCUT2D eigenvalue weighted by atomic mass is 16.5. The van der Waals surface area contributed by atoms with Gasteiger partial charge in [-0.1, -0.05) is 6.92 Å². The summed E-state index contributed by atoms with van der Waals surface area (Å²) in [5.74, 6) is 0.0905. The molecule has 0 saturated carbocycles. The SMILES string of the molecule is CCc1nc(OC)c(COC(C)(C)C)cc1C(=O)OC. The quantitative estimate of drug-likeness (QED) is 0.777. The molecule has 0 radical (unpaired) electrons. The average Bonchev–Trinajstić information content (AvgIpc) is 2.42. The zero-order valence-corrected chi connectivity index (χ0v) is 13.1. The third-order valence-corrected chi connectivity index (χ3v) is 2.73. The molecule has 0 fully saturated rings. The summed E-state index contributed by atoms with van der Waals surface area (Å²) in [7, 11) is 2.91. The second-order valence-corrected chi connectivity index (χ2v) is 5.40. The summed E-state index contributed by atoms with van der Waals surface area (Å²) in [4.78, 5) is 16.2. The lowest BCUT2D eigenvalue weighted by molar-refractivity contribution is -0.0158. The van der Waals surface area contributed by atoms with Crippen LogP contribution >= 0.6 is 0 Å². The highest BCUT2D eigenvalue weighted by molar-refractivity contribution is 5.90. The Hall–Kier alpha value is -1.62. The predicted octanol–water partition coefficient (Wildman–Crippen LogP) is 2.75. The van der Waals surface area contributed by atoms with Gasteiger partial charge in [0.1, 0.15) is 0 Å². The van der Waals surface area contributed by atoms with Gasteiger partial charge in [-0.15, -0.1) is 0 Å².